The molecule has 1 aliphatic rings. The van der Waals surface area contributed by atoms with Gasteiger partial charge in [0.1, 0.15) is 4.83 Å². The molecule has 0 amide bonds. The van der Waals surface area contributed by atoms with E-state index in [4.69, 9.17) is 5.11 Å². The van der Waals surface area contributed by atoms with E-state index in [9.17, 15) is 4.79 Å². The number of halogens is 1. The normalized spacial score (nSPS) is 20.6. The van der Waals surface area contributed by atoms with Crippen LogP contribution in [0.3, 0.4) is 0 Å². The van der Waals surface area contributed by atoms with Gasteiger partial charge in [0.2, 0.25) is 0 Å². The quantitative estimate of drug-likeness (QED) is 0.770. The van der Waals surface area contributed by atoms with E-state index in [1.54, 1.807) is 0 Å². The number of carboxylic acids is 1. The predicted molar refractivity (Wildman–Crippen MR) is 60.8 cm³/mol. The van der Waals surface area contributed by atoms with Crippen LogP contribution in [-0.2, 0) is 4.79 Å². The van der Waals surface area contributed by atoms with Crippen LogP contribution in [0.15, 0.2) is 0 Å². The van der Waals surface area contributed by atoms with Gasteiger partial charge in [-0.25, -0.2) is 0 Å². The van der Waals surface area contributed by atoms with Gasteiger partial charge in [-0.2, -0.15) is 0 Å². The Morgan fingerprint density at radius 2 is 2.00 bits per heavy atom. The SMILES string of the molecule is O=C(O)C(Br)CCCC1CCCCC1. The van der Waals surface area contributed by atoms with Gasteiger partial charge in [-0.3, -0.25) is 4.79 Å². The molecule has 0 aromatic carbocycles. The van der Waals surface area contributed by atoms with Crippen molar-refractivity contribution in [2.45, 2.75) is 56.2 Å². The third kappa shape index (κ3) is 4.45. The average molecular weight is 263 g/mol. The minimum absolute atomic E-state index is 0.342. The fourth-order valence-corrected chi connectivity index (χ4v) is 2.51. The number of aliphatic carboxylic acids is 1. The Labute approximate surface area is 94.2 Å². The molecule has 0 aromatic heterocycles. The van der Waals surface area contributed by atoms with E-state index in [0.29, 0.717) is 0 Å². The number of rotatable bonds is 5. The molecule has 0 aliphatic heterocycles. The monoisotopic (exact) mass is 262 g/mol. The lowest BCUT2D eigenvalue weighted by Gasteiger charge is -2.21. The molecule has 1 atom stereocenters. The molecule has 1 N–H and O–H groups in total. The molecule has 1 rings (SSSR count). The summed E-state index contributed by atoms with van der Waals surface area (Å²) in [5, 5.41) is 8.67. The van der Waals surface area contributed by atoms with E-state index in [1.165, 1.54) is 38.5 Å². The molecule has 0 bridgehead atoms. The Morgan fingerprint density at radius 1 is 1.36 bits per heavy atom. The summed E-state index contributed by atoms with van der Waals surface area (Å²) < 4.78 is 0. The van der Waals surface area contributed by atoms with Crippen LogP contribution in [0.5, 0.6) is 0 Å². The molecule has 1 unspecified atom stereocenters. The summed E-state index contributed by atoms with van der Waals surface area (Å²) in [7, 11) is 0. The number of carboxylic acid groups (broad SMARTS) is 1. The highest BCUT2D eigenvalue weighted by atomic mass is 79.9. The first kappa shape index (κ1) is 12.0. The van der Waals surface area contributed by atoms with E-state index in [-0.39, 0.29) is 4.83 Å². The first-order valence-electron chi connectivity index (χ1n) is 5.57. The zero-order chi connectivity index (χ0) is 10.4. The van der Waals surface area contributed by atoms with Crippen molar-refractivity contribution in [3.05, 3.63) is 0 Å². The topological polar surface area (TPSA) is 37.3 Å². The minimum Gasteiger partial charge on any atom is -0.480 e. The Hall–Kier alpha value is -0.0500. The summed E-state index contributed by atoms with van der Waals surface area (Å²) in [5.41, 5.74) is 0. The molecule has 0 heterocycles. The Balaban J connectivity index is 2.05. The maximum atomic E-state index is 10.5. The number of carbonyl (C=O) groups is 1. The predicted octanol–water partition coefficient (Wildman–Crippen LogP) is 3.59. The number of alkyl halides is 1. The fraction of sp³-hybridized carbons (Fsp3) is 0.909. The first-order chi connectivity index (χ1) is 6.70. The second-order valence-electron chi connectivity index (χ2n) is 4.24. The Morgan fingerprint density at radius 3 is 2.57 bits per heavy atom. The molecule has 0 aromatic rings. The van der Waals surface area contributed by atoms with Crippen LogP contribution in [0.4, 0.5) is 0 Å². The van der Waals surface area contributed by atoms with Crippen molar-refractivity contribution in [3.8, 4) is 0 Å². The van der Waals surface area contributed by atoms with E-state index in [2.05, 4.69) is 15.9 Å². The molecule has 82 valence electrons. The smallest absolute Gasteiger partial charge is 0.317 e. The Kier molecular flexibility index (Phi) is 5.53. The first-order valence-corrected chi connectivity index (χ1v) is 6.48. The van der Waals surface area contributed by atoms with Crippen LogP contribution in [-0.4, -0.2) is 15.9 Å². The molecular formula is C11H19BrO2. The van der Waals surface area contributed by atoms with Crippen LogP contribution in [0.25, 0.3) is 0 Å². The largest absolute Gasteiger partial charge is 0.480 e. The maximum Gasteiger partial charge on any atom is 0.317 e. The molecule has 1 aliphatic carbocycles. The molecule has 0 radical (unpaired) electrons. The molecule has 1 fully saturated rings. The van der Waals surface area contributed by atoms with Crippen molar-refractivity contribution < 1.29 is 9.90 Å². The van der Waals surface area contributed by atoms with Crippen molar-refractivity contribution in [3.63, 3.8) is 0 Å². The van der Waals surface area contributed by atoms with Gasteiger partial charge in [0.25, 0.3) is 0 Å². The maximum absolute atomic E-state index is 10.5. The fourth-order valence-electron chi connectivity index (χ4n) is 2.19. The van der Waals surface area contributed by atoms with Crippen LogP contribution in [0, 0.1) is 5.92 Å². The van der Waals surface area contributed by atoms with Gasteiger partial charge < -0.3 is 5.11 Å². The van der Waals surface area contributed by atoms with E-state index in [0.717, 1.165) is 18.8 Å². The summed E-state index contributed by atoms with van der Waals surface area (Å²) in [6.45, 7) is 0. The van der Waals surface area contributed by atoms with Crippen molar-refractivity contribution in [1.29, 1.82) is 0 Å². The molecule has 0 spiro atoms. The lowest BCUT2D eigenvalue weighted by atomic mass is 9.85. The molecule has 2 nitrogen and oxygen atoms in total. The third-order valence-electron chi connectivity index (χ3n) is 3.06. The van der Waals surface area contributed by atoms with Gasteiger partial charge in [0, 0.05) is 0 Å². The van der Waals surface area contributed by atoms with Gasteiger partial charge in [-0.1, -0.05) is 60.9 Å². The molecule has 1 saturated carbocycles. The third-order valence-corrected chi connectivity index (χ3v) is 3.91. The summed E-state index contributed by atoms with van der Waals surface area (Å²) in [6.07, 6.45) is 9.91. The van der Waals surface area contributed by atoms with Crippen molar-refractivity contribution in [2.75, 3.05) is 0 Å². The lowest BCUT2D eigenvalue weighted by molar-refractivity contribution is -0.136. The highest BCUT2D eigenvalue weighted by Crippen LogP contribution is 2.28. The molecular weight excluding hydrogens is 244 g/mol. The summed E-state index contributed by atoms with van der Waals surface area (Å²) >= 11 is 3.17. The Bertz CT molecular complexity index is 176. The molecule has 14 heavy (non-hydrogen) atoms. The van der Waals surface area contributed by atoms with Crippen molar-refractivity contribution in [2.24, 2.45) is 5.92 Å². The van der Waals surface area contributed by atoms with Crippen LogP contribution in [0.2, 0.25) is 0 Å². The van der Waals surface area contributed by atoms with Gasteiger partial charge in [-0.05, 0) is 12.3 Å². The van der Waals surface area contributed by atoms with E-state index >= 15 is 0 Å². The van der Waals surface area contributed by atoms with Crippen LogP contribution < -0.4 is 0 Å². The van der Waals surface area contributed by atoms with Crippen LogP contribution >= 0.6 is 15.9 Å². The van der Waals surface area contributed by atoms with Gasteiger partial charge >= 0.3 is 5.97 Å². The van der Waals surface area contributed by atoms with E-state index in [1.807, 2.05) is 0 Å². The number of hydrogen-bond acceptors (Lipinski definition) is 1. The summed E-state index contributed by atoms with van der Waals surface area (Å²) in [6, 6.07) is 0. The van der Waals surface area contributed by atoms with Crippen molar-refractivity contribution in [1.82, 2.24) is 0 Å². The van der Waals surface area contributed by atoms with Gasteiger partial charge in [-0.15, -0.1) is 0 Å². The van der Waals surface area contributed by atoms with Crippen molar-refractivity contribution >= 4 is 21.9 Å². The average Bonchev–Trinajstić information content (AvgIpc) is 2.19. The second kappa shape index (κ2) is 6.44. The van der Waals surface area contributed by atoms with E-state index < -0.39 is 5.97 Å². The zero-order valence-electron chi connectivity index (χ0n) is 8.54. The van der Waals surface area contributed by atoms with Gasteiger partial charge in [0.05, 0.1) is 0 Å². The summed E-state index contributed by atoms with van der Waals surface area (Å²) in [5.74, 6) is 0.144. The lowest BCUT2D eigenvalue weighted by Crippen LogP contribution is -2.13. The van der Waals surface area contributed by atoms with Crippen LogP contribution in [0.1, 0.15) is 51.4 Å². The highest BCUT2D eigenvalue weighted by Gasteiger charge is 2.16. The van der Waals surface area contributed by atoms with Gasteiger partial charge in [0.15, 0.2) is 0 Å². The zero-order valence-corrected chi connectivity index (χ0v) is 10.1. The second-order valence-corrected chi connectivity index (χ2v) is 5.35. The summed E-state index contributed by atoms with van der Waals surface area (Å²) in [4.78, 5) is 10.2. The minimum atomic E-state index is -0.728. The number of hydrogen-bond donors (Lipinski definition) is 1. The standard InChI is InChI=1S/C11H19BrO2/c12-10(11(13)14)8-4-7-9-5-2-1-3-6-9/h9-10H,1-8H2,(H,13,14). The highest BCUT2D eigenvalue weighted by molar-refractivity contribution is 9.10. The molecule has 3 heteroatoms. The molecule has 0 saturated heterocycles.